The van der Waals surface area contributed by atoms with Gasteiger partial charge in [-0.1, -0.05) is 0 Å². The van der Waals surface area contributed by atoms with Gasteiger partial charge in [-0.2, -0.15) is 5.10 Å². The molecule has 0 saturated heterocycles. The molecule has 0 aliphatic rings. The number of terminal acetylenes is 1. The molecule has 11 heavy (non-hydrogen) atoms. The van der Waals surface area contributed by atoms with E-state index < -0.39 is 0 Å². The summed E-state index contributed by atoms with van der Waals surface area (Å²) >= 11 is 0. The minimum atomic E-state index is 0.599. The molecule has 4 nitrogen and oxygen atoms in total. The first kappa shape index (κ1) is 5.86. The molecule has 2 aromatic heterocycles. The van der Waals surface area contributed by atoms with Crippen molar-refractivity contribution in [3.05, 3.63) is 18.2 Å². The first-order valence-corrected chi connectivity index (χ1v) is 3.02. The molecule has 2 aromatic rings. The molecule has 0 aliphatic carbocycles. The van der Waals surface area contributed by atoms with Gasteiger partial charge in [0.25, 0.3) is 0 Å². The Balaban J connectivity index is 2.89. The Kier molecular flexibility index (Phi) is 1.10. The molecule has 0 bridgehead atoms. The Bertz CT molecular complexity index is 423. The summed E-state index contributed by atoms with van der Waals surface area (Å²) in [6, 6.07) is 0. The van der Waals surface area contributed by atoms with Crippen LogP contribution in [0.2, 0.25) is 0 Å². The van der Waals surface area contributed by atoms with Gasteiger partial charge in [0, 0.05) is 0 Å². The maximum absolute atomic E-state index is 5.18. The summed E-state index contributed by atoms with van der Waals surface area (Å²) in [4.78, 5) is 7.76. The third kappa shape index (κ3) is 0.749. The lowest BCUT2D eigenvalue weighted by atomic mass is 10.3. The summed E-state index contributed by atoms with van der Waals surface area (Å²) in [5.41, 5.74) is 1.99. The Morgan fingerprint density at radius 1 is 1.55 bits per heavy atom. The fourth-order valence-corrected chi connectivity index (χ4v) is 0.866. The number of hydrogen-bond donors (Lipinski definition) is 1. The molecule has 4 heteroatoms. The molecular formula is C7H4N4. The van der Waals surface area contributed by atoms with Gasteiger partial charge in [-0.15, -0.1) is 6.42 Å². The average Bonchev–Trinajstić information content (AvgIpc) is 2.47. The molecule has 0 fully saturated rings. The Morgan fingerprint density at radius 2 is 2.45 bits per heavy atom. The summed E-state index contributed by atoms with van der Waals surface area (Å²) in [7, 11) is 0. The molecule has 0 saturated carbocycles. The zero-order valence-electron chi connectivity index (χ0n) is 5.57. The van der Waals surface area contributed by atoms with Gasteiger partial charge >= 0.3 is 0 Å². The number of aromatic amines is 1. The molecule has 0 aliphatic heterocycles. The van der Waals surface area contributed by atoms with Crippen LogP contribution in [0.15, 0.2) is 12.5 Å². The zero-order chi connectivity index (χ0) is 7.68. The first-order chi connectivity index (χ1) is 5.42. The van der Waals surface area contributed by atoms with Gasteiger partial charge in [0.15, 0.2) is 0 Å². The lowest BCUT2D eigenvalue weighted by Gasteiger charge is -1.82. The zero-order valence-corrected chi connectivity index (χ0v) is 5.57. The minimum absolute atomic E-state index is 0.599. The Hall–Kier alpha value is -1.89. The highest BCUT2D eigenvalue weighted by molar-refractivity contribution is 5.78. The quantitative estimate of drug-likeness (QED) is 0.542. The molecule has 0 atom stereocenters. The van der Waals surface area contributed by atoms with E-state index in [2.05, 4.69) is 26.1 Å². The summed E-state index contributed by atoms with van der Waals surface area (Å²) in [5, 5.41) is 6.57. The maximum Gasteiger partial charge on any atom is 0.134 e. The molecule has 52 valence electrons. The van der Waals surface area contributed by atoms with Crippen molar-refractivity contribution >= 4 is 11.0 Å². The number of aromatic nitrogens is 4. The van der Waals surface area contributed by atoms with Crippen LogP contribution in [0, 0.1) is 12.3 Å². The second-order valence-electron chi connectivity index (χ2n) is 2.00. The summed E-state index contributed by atoms with van der Waals surface area (Å²) in [6.45, 7) is 0. The van der Waals surface area contributed by atoms with Crippen LogP contribution in [0.3, 0.4) is 0 Å². The standard InChI is InChI=1S/C7H4N4/c1-2-5-7-6(11-10-5)3-8-4-9-7/h1,3-4H,(H,10,11). The average molecular weight is 144 g/mol. The highest BCUT2D eigenvalue weighted by atomic mass is 15.1. The number of nitrogens with zero attached hydrogens (tertiary/aromatic N) is 3. The van der Waals surface area contributed by atoms with Crippen molar-refractivity contribution in [1.82, 2.24) is 20.2 Å². The fourth-order valence-electron chi connectivity index (χ4n) is 0.866. The van der Waals surface area contributed by atoms with Crippen molar-refractivity contribution in [1.29, 1.82) is 0 Å². The summed E-state index contributed by atoms with van der Waals surface area (Å²) in [6.07, 6.45) is 8.23. The molecular weight excluding hydrogens is 140 g/mol. The van der Waals surface area contributed by atoms with Crippen molar-refractivity contribution in [3.8, 4) is 12.3 Å². The van der Waals surface area contributed by atoms with Crippen LogP contribution in [-0.2, 0) is 0 Å². The number of nitrogens with one attached hydrogen (secondary N) is 1. The van der Waals surface area contributed by atoms with E-state index in [1.807, 2.05) is 0 Å². The molecule has 0 radical (unpaired) electrons. The lowest BCUT2D eigenvalue weighted by Crippen LogP contribution is -1.78. The van der Waals surface area contributed by atoms with Gasteiger partial charge in [0.2, 0.25) is 0 Å². The van der Waals surface area contributed by atoms with Gasteiger partial charge in [-0.3, -0.25) is 5.10 Å². The Morgan fingerprint density at radius 3 is 3.27 bits per heavy atom. The van der Waals surface area contributed by atoms with E-state index >= 15 is 0 Å². The largest absolute Gasteiger partial charge is 0.267 e. The normalized spacial score (nSPS) is 9.73. The lowest BCUT2D eigenvalue weighted by molar-refractivity contribution is 1.10. The van der Waals surface area contributed by atoms with Crippen molar-refractivity contribution in [2.45, 2.75) is 0 Å². The Labute approximate surface area is 62.7 Å². The minimum Gasteiger partial charge on any atom is -0.267 e. The van der Waals surface area contributed by atoms with Crippen LogP contribution in [0.25, 0.3) is 11.0 Å². The predicted molar refractivity (Wildman–Crippen MR) is 39.6 cm³/mol. The number of H-pyrrole nitrogens is 1. The smallest absolute Gasteiger partial charge is 0.134 e. The van der Waals surface area contributed by atoms with E-state index in [1.54, 1.807) is 6.20 Å². The molecule has 0 amide bonds. The predicted octanol–water partition coefficient (Wildman–Crippen LogP) is 0.334. The van der Waals surface area contributed by atoms with Crippen LogP contribution >= 0.6 is 0 Å². The molecule has 1 N–H and O–H groups in total. The molecule has 2 rings (SSSR count). The van der Waals surface area contributed by atoms with Crippen LogP contribution in [0.1, 0.15) is 5.69 Å². The number of hydrogen-bond acceptors (Lipinski definition) is 3. The third-order valence-corrected chi connectivity index (χ3v) is 1.36. The molecule has 0 spiro atoms. The van der Waals surface area contributed by atoms with Gasteiger partial charge in [0.1, 0.15) is 23.1 Å². The summed E-state index contributed by atoms with van der Waals surface area (Å²) < 4.78 is 0. The third-order valence-electron chi connectivity index (χ3n) is 1.36. The highest BCUT2D eigenvalue weighted by Gasteiger charge is 2.01. The first-order valence-electron chi connectivity index (χ1n) is 3.02. The van der Waals surface area contributed by atoms with Crippen molar-refractivity contribution < 1.29 is 0 Å². The van der Waals surface area contributed by atoms with E-state index in [9.17, 15) is 0 Å². The van der Waals surface area contributed by atoms with Crippen molar-refractivity contribution in [3.63, 3.8) is 0 Å². The van der Waals surface area contributed by atoms with Crippen LogP contribution in [-0.4, -0.2) is 20.2 Å². The SMILES string of the molecule is C#Cc1[nH]nc2cncnc12. The van der Waals surface area contributed by atoms with E-state index in [4.69, 9.17) is 6.42 Å². The van der Waals surface area contributed by atoms with Gasteiger partial charge in [0.05, 0.1) is 6.20 Å². The number of fused-ring (bicyclic) bond motifs is 1. The van der Waals surface area contributed by atoms with Crippen molar-refractivity contribution in [2.24, 2.45) is 0 Å². The molecule has 0 unspecified atom stereocenters. The second kappa shape index (κ2) is 2.06. The van der Waals surface area contributed by atoms with Crippen molar-refractivity contribution in [2.75, 3.05) is 0 Å². The van der Waals surface area contributed by atoms with Crippen LogP contribution in [0.4, 0.5) is 0 Å². The van der Waals surface area contributed by atoms with Gasteiger partial charge < -0.3 is 0 Å². The highest BCUT2D eigenvalue weighted by Crippen LogP contribution is 2.08. The second-order valence-corrected chi connectivity index (χ2v) is 2.00. The monoisotopic (exact) mass is 144 g/mol. The van der Waals surface area contributed by atoms with Crippen LogP contribution < -0.4 is 0 Å². The number of rotatable bonds is 0. The van der Waals surface area contributed by atoms with E-state index in [0.29, 0.717) is 16.7 Å². The summed E-state index contributed by atoms with van der Waals surface area (Å²) in [5.74, 6) is 2.44. The molecule has 2 heterocycles. The fraction of sp³-hybridized carbons (Fsp3) is 0. The van der Waals surface area contributed by atoms with E-state index in [0.717, 1.165) is 0 Å². The van der Waals surface area contributed by atoms with Gasteiger partial charge in [-0.05, 0) is 5.92 Å². The molecule has 0 aromatic carbocycles. The van der Waals surface area contributed by atoms with Gasteiger partial charge in [-0.25, -0.2) is 9.97 Å². The van der Waals surface area contributed by atoms with Crippen LogP contribution in [0.5, 0.6) is 0 Å². The van der Waals surface area contributed by atoms with E-state index in [-0.39, 0.29) is 0 Å². The van der Waals surface area contributed by atoms with E-state index in [1.165, 1.54) is 6.33 Å². The maximum atomic E-state index is 5.18. The topological polar surface area (TPSA) is 54.5 Å².